The average molecular weight is 383 g/mol. The van der Waals surface area contributed by atoms with Crippen molar-refractivity contribution in [2.24, 2.45) is 0 Å². The smallest absolute Gasteiger partial charge is 0.319 e. The molecule has 1 unspecified atom stereocenters. The van der Waals surface area contributed by atoms with Crippen molar-refractivity contribution in [3.05, 3.63) is 52.0 Å². The van der Waals surface area contributed by atoms with Crippen LogP contribution in [0, 0.1) is 0 Å². The van der Waals surface area contributed by atoms with Crippen LogP contribution in [0.5, 0.6) is 11.5 Å². The third-order valence-electron chi connectivity index (χ3n) is 3.77. The highest BCUT2D eigenvalue weighted by atomic mass is 35.5. The van der Waals surface area contributed by atoms with Crippen molar-refractivity contribution in [3.63, 3.8) is 0 Å². The summed E-state index contributed by atoms with van der Waals surface area (Å²) in [5.74, 6) is 1.20. The molecule has 0 aliphatic carbocycles. The molecule has 0 saturated heterocycles. The van der Waals surface area contributed by atoms with E-state index in [9.17, 15) is 9.90 Å². The molecule has 2 aromatic rings. The van der Waals surface area contributed by atoms with E-state index in [1.807, 2.05) is 0 Å². The molecule has 0 saturated carbocycles. The molecule has 0 bridgehead atoms. The van der Waals surface area contributed by atoms with Crippen LogP contribution in [-0.4, -0.2) is 24.5 Å². The molecule has 132 valence electrons. The number of fused-ring (bicyclic) bond motifs is 1. The molecule has 2 amide bonds. The summed E-state index contributed by atoms with van der Waals surface area (Å²) in [6.45, 7) is 1.76. The number of hydrogen-bond donors (Lipinski definition) is 3. The van der Waals surface area contributed by atoms with Crippen molar-refractivity contribution >= 4 is 34.9 Å². The second-order valence-corrected chi connectivity index (χ2v) is 6.59. The van der Waals surface area contributed by atoms with E-state index in [1.54, 1.807) is 43.3 Å². The minimum Gasteiger partial charge on any atom is -0.454 e. The summed E-state index contributed by atoms with van der Waals surface area (Å²) in [5, 5.41) is 16.6. The van der Waals surface area contributed by atoms with Crippen LogP contribution in [0.25, 0.3) is 0 Å². The molecule has 2 aromatic carbocycles. The molecule has 1 atom stereocenters. The van der Waals surface area contributed by atoms with Gasteiger partial charge in [0.15, 0.2) is 11.5 Å². The van der Waals surface area contributed by atoms with E-state index >= 15 is 0 Å². The third kappa shape index (κ3) is 4.10. The van der Waals surface area contributed by atoms with E-state index in [4.69, 9.17) is 32.7 Å². The Hall–Kier alpha value is -2.15. The average Bonchev–Trinajstić information content (AvgIpc) is 3.04. The predicted octanol–water partition coefficient (Wildman–Crippen LogP) is 3.75. The van der Waals surface area contributed by atoms with E-state index in [2.05, 4.69) is 10.6 Å². The second-order valence-electron chi connectivity index (χ2n) is 5.78. The Balaban J connectivity index is 1.61. The molecule has 0 aromatic heterocycles. The number of anilines is 1. The number of amides is 2. The zero-order chi connectivity index (χ0) is 18.0. The maximum Gasteiger partial charge on any atom is 0.319 e. The third-order valence-corrected chi connectivity index (χ3v) is 4.50. The van der Waals surface area contributed by atoms with Gasteiger partial charge in [-0.2, -0.15) is 0 Å². The molecule has 8 heteroatoms. The molecule has 3 N–H and O–H groups in total. The number of hydrogen-bond acceptors (Lipinski definition) is 4. The van der Waals surface area contributed by atoms with Gasteiger partial charge in [-0.1, -0.05) is 29.3 Å². The Bertz CT molecular complexity index is 811. The highest BCUT2D eigenvalue weighted by molar-refractivity contribution is 6.42. The zero-order valence-electron chi connectivity index (χ0n) is 13.3. The number of benzene rings is 2. The lowest BCUT2D eigenvalue weighted by Crippen LogP contribution is -2.40. The number of aliphatic hydroxyl groups is 1. The second kappa shape index (κ2) is 7.00. The molecule has 0 fully saturated rings. The molecule has 1 aliphatic rings. The summed E-state index contributed by atoms with van der Waals surface area (Å²) in [7, 11) is 0. The van der Waals surface area contributed by atoms with Gasteiger partial charge >= 0.3 is 6.03 Å². The number of carbonyl (C=O) groups excluding carboxylic acids is 1. The number of nitrogens with one attached hydrogen (secondary N) is 2. The maximum atomic E-state index is 12.0. The van der Waals surface area contributed by atoms with Gasteiger partial charge in [0.1, 0.15) is 5.60 Å². The molecular weight excluding hydrogens is 367 g/mol. The van der Waals surface area contributed by atoms with Gasteiger partial charge in [-0.3, -0.25) is 0 Å². The van der Waals surface area contributed by atoms with E-state index < -0.39 is 11.6 Å². The molecule has 1 heterocycles. The van der Waals surface area contributed by atoms with Gasteiger partial charge in [-0.15, -0.1) is 0 Å². The standard InChI is InChI=1S/C17H16Cl2N2O4/c1-17(23,10-2-5-14-15(6-10)25-9-24-14)8-20-16(22)21-11-3-4-12(18)13(19)7-11/h2-7,23H,8-9H2,1H3,(H2,20,21,22). The van der Waals surface area contributed by atoms with Crippen molar-refractivity contribution in [1.29, 1.82) is 0 Å². The van der Waals surface area contributed by atoms with Gasteiger partial charge in [0.2, 0.25) is 6.79 Å². The van der Waals surface area contributed by atoms with Crippen molar-refractivity contribution in [3.8, 4) is 11.5 Å². The summed E-state index contributed by atoms with van der Waals surface area (Å²) in [6.07, 6.45) is 0. The number of ether oxygens (including phenoxy) is 2. The minimum atomic E-state index is -1.28. The van der Waals surface area contributed by atoms with E-state index in [1.165, 1.54) is 0 Å². The maximum absolute atomic E-state index is 12.0. The number of halogens is 2. The fourth-order valence-corrected chi connectivity index (χ4v) is 2.63. The summed E-state index contributed by atoms with van der Waals surface area (Å²) in [5.41, 5.74) is -0.183. The summed E-state index contributed by atoms with van der Waals surface area (Å²) >= 11 is 11.7. The molecule has 0 radical (unpaired) electrons. The molecule has 6 nitrogen and oxygen atoms in total. The summed E-state index contributed by atoms with van der Waals surface area (Å²) in [4.78, 5) is 12.0. The molecule has 25 heavy (non-hydrogen) atoms. The fraction of sp³-hybridized carbons (Fsp3) is 0.235. The van der Waals surface area contributed by atoms with Crippen LogP contribution < -0.4 is 20.1 Å². The first-order valence-corrected chi connectivity index (χ1v) is 8.23. The highest BCUT2D eigenvalue weighted by Crippen LogP contribution is 2.35. The highest BCUT2D eigenvalue weighted by Gasteiger charge is 2.26. The monoisotopic (exact) mass is 382 g/mol. The predicted molar refractivity (Wildman–Crippen MR) is 95.6 cm³/mol. The lowest BCUT2D eigenvalue weighted by Gasteiger charge is -2.24. The summed E-state index contributed by atoms with van der Waals surface area (Å²) < 4.78 is 10.5. The van der Waals surface area contributed by atoms with Crippen LogP contribution in [0.2, 0.25) is 10.0 Å². The molecule has 1 aliphatic heterocycles. The first-order valence-electron chi connectivity index (χ1n) is 7.47. The van der Waals surface area contributed by atoms with Gasteiger partial charge in [0.25, 0.3) is 0 Å². The Morgan fingerprint density at radius 3 is 2.68 bits per heavy atom. The van der Waals surface area contributed by atoms with Crippen LogP contribution in [0.3, 0.4) is 0 Å². The number of rotatable bonds is 4. The van der Waals surface area contributed by atoms with Crippen LogP contribution in [-0.2, 0) is 5.60 Å². The normalized spacial score (nSPS) is 14.7. The Morgan fingerprint density at radius 1 is 1.16 bits per heavy atom. The zero-order valence-corrected chi connectivity index (χ0v) is 14.8. The quantitative estimate of drug-likeness (QED) is 0.751. The van der Waals surface area contributed by atoms with Crippen LogP contribution in [0.15, 0.2) is 36.4 Å². The van der Waals surface area contributed by atoms with Crippen LogP contribution in [0.1, 0.15) is 12.5 Å². The Labute approximate surface area is 154 Å². The molecular formula is C17H16Cl2N2O4. The largest absolute Gasteiger partial charge is 0.454 e. The van der Waals surface area contributed by atoms with E-state index in [-0.39, 0.29) is 13.3 Å². The van der Waals surface area contributed by atoms with Crippen molar-refractivity contribution in [1.82, 2.24) is 5.32 Å². The summed E-state index contributed by atoms with van der Waals surface area (Å²) in [6, 6.07) is 9.43. The number of carbonyl (C=O) groups is 1. The van der Waals surface area contributed by atoms with E-state index in [0.29, 0.717) is 32.8 Å². The van der Waals surface area contributed by atoms with Crippen LogP contribution >= 0.6 is 23.2 Å². The molecule has 0 spiro atoms. The minimum absolute atomic E-state index is 0.000199. The first-order chi connectivity index (χ1) is 11.8. The van der Waals surface area contributed by atoms with Gasteiger partial charge in [0, 0.05) is 5.69 Å². The van der Waals surface area contributed by atoms with Crippen molar-refractivity contribution in [2.75, 3.05) is 18.7 Å². The van der Waals surface area contributed by atoms with Crippen molar-refractivity contribution in [2.45, 2.75) is 12.5 Å². The first kappa shape index (κ1) is 17.7. The lowest BCUT2D eigenvalue weighted by molar-refractivity contribution is 0.0597. The van der Waals surface area contributed by atoms with Gasteiger partial charge < -0.3 is 25.2 Å². The van der Waals surface area contributed by atoms with Gasteiger partial charge in [-0.05, 0) is 42.8 Å². The lowest BCUT2D eigenvalue weighted by atomic mass is 9.95. The topological polar surface area (TPSA) is 79.8 Å². The van der Waals surface area contributed by atoms with Gasteiger partial charge in [-0.25, -0.2) is 4.79 Å². The van der Waals surface area contributed by atoms with E-state index in [0.717, 1.165) is 0 Å². The Kier molecular flexibility index (Phi) is 4.94. The fourth-order valence-electron chi connectivity index (χ4n) is 2.34. The SMILES string of the molecule is CC(O)(CNC(=O)Nc1ccc(Cl)c(Cl)c1)c1ccc2c(c1)OCO2. The molecule has 3 rings (SSSR count). The van der Waals surface area contributed by atoms with Crippen molar-refractivity contribution < 1.29 is 19.4 Å². The van der Waals surface area contributed by atoms with Crippen LogP contribution in [0.4, 0.5) is 10.5 Å². The van der Waals surface area contributed by atoms with Gasteiger partial charge in [0.05, 0.1) is 16.6 Å². The number of urea groups is 1. The Morgan fingerprint density at radius 2 is 1.92 bits per heavy atom.